The Balaban J connectivity index is 1.28. The highest BCUT2D eigenvalue weighted by Crippen LogP contribution is 2.31. The summed E-state index contributed by atoms with van der Waals surface area (Å²) in [4.78, 5) is 7.01. The lowest BCUT2D eigenvalue weighted by Crippen LogP contribution is -2.36. The molecule has 1 fully saturated rings. The topological polar surface area (TPSA) is 42.2 Å². The van der Waals surface area contributed by atoms with E-state index in [0.29, 0.717) is 28.3 Å². The maximum absolute atomic E-state index is 14.7. The first kappa shape index (κ1) is 21.5. The van der Waals surface area contributed by atoms with E-state index in [1.165, 1.54) is 24.5 Å². The lowest BCUT2D eigenvalue weighted by Gasteiger charge is -2.36. The molecule has 3 aromatic carbocycles. The zero-order valence-electron chi connectivity index (χ0n) is 19.1. The lowest BCUT2D eigenvalue weighted by molar-refractivity contribution is 0.127. The van der Waals surface area contributed by atoms with E-state index >= 15 is 0 Å². The molecule has 0 atom stereocenters. The van der Waals surface area contributed by atoms with Gasteiger partial charge in [0.15, 0.2) is 0 Å². The van der Waals surface area contributed by atoms with Crippen LogP contribution in [0.2, 0.25) is 0 Å². The number of halogens is 1. The van der Waals surface area contributed by atoms with Crippen LogP contribution in [0.15, 0.2) is 77.3 Å². The van der Waals surface area contributed by atoms with Crippen molar-refractivity contribution in [3.8, 4) is 34.0 Å². The van der Waals surface area contributed by atoms with Gasteiger partial charge in [-0.2, -0.15) is 4.98 Å². The van der Waals surface area contributed by atoms with E-state index in [0.717, 1.165) is 30.8 Å². The molecule has 4 nitrogen and oxygen atoms in total. The van der Waals surface area contributed by atoms with Crippen LogP contribution in [0.1, 0.15) is 32.3 Å². The molecular weight excluding hydrogens is 413 g/mol. The van der Waals surface area contributed by atoms with Crippen LogP contribution in [0.4, 0.5) is 4.39 Å². The second-order valence-electron chi connectivity index (χ2n) is 9.62. The van der Waals surface area contributed by atoms with Crippen LogP contribution in [-0.2, 0) is 6.54 Å². The molecule has 168 valence electrons. The number of aromatic nitrogens is 2. The van der Waals surface area contributed by atoms with Gasteiger partial charge in [-0.1, -0.05) is 79.7 Å². The Morgan fingerprint density at radius 2 is 1.58 bits per heavy atom. The molecule has 4 aromatic rings. The Hall–Kier alpha value is -3.31. The summed E-state index contributed by atoms with van der Waals surface area (Å²) in [6.07, 6.45) is 2.48. The third-order valence-corrected chi connectivity index (χ3v) is 6.55. The van der Waals surface area contributed by atoms with Crippen molar-refractivity contribution in [1.29, 1.82) is 0 Å². The molecule has 1 aliphatic heterocycles. The average molecular weight is 442 g/mol. The van der Waals surface area contributed by atoms with Gasteiger partial charge in [0.1, 0.15) is 5.82 Å². The minimum absolute atomic E-state index is 0.309. The lowest BCUT2D eigenvalue weighted by atomic mass is 9.82. The monoisotopic (exact) mass is 441 g/mol. The van der Waals surface area contributed by atoms with Crippen molar-refractivity contribution in [1.82, 2.24) is 15.0 Å². The first-order valence-corrected chi connectivity index (χ1v) is 11.5. The van der Waals surface area contributed by atoms with E-state index in [9.17, 15) is 4.39 Å². The second-order valence-corrected chi connectivity index (χ2v) is 9.62. The van der Waals surface area contributed by atoms with Crippen molar-refractivity contribution in [2.45, 2.75) is 33.2 Å². The molecule has 1 aromatic heterocycles. The third-order valence-electron chi connectivity index (χ3n) is 6.55. The second kappa shape index (κ2) is 8.91. The minimum atomic E-state index is -0.316. The van der Waals surface area contributed by atoms with Crippen LogP contribution in [-0.4, -0.2) is 28.1 Å². The molecule has 0 amide bonds. The third kappa shape index (κ3) is 4.88. The number of nitrogens with zero attached hydrogens (tertiary/aromatic N) is 3. The van der Waals surface area contributed by atoms with Crippen LogP contribution in [0, 0.1) is 11.2 Å². The predicted molar refractivity (Wildman–Crippen MR) is 129 cm³/mol. The molecular formula is C28H28FN3O. The zero-order chi connectivity index (χ0) is 22.8. The molecule has 2 heterocycles. The summed E-state index contributed by atoms with van der Waals surface area (Å²) in [6.45, 7) is 7.95. The van der Waals surface area contributed by atoms with Gasteiger partial charge in [0, 0.05) is 23.2 Å². The average Bonchev–Trinajstić information content (AvgIpc) is 3.32. The SMILES string of the molecule is CC1(C)CCN(Cc2ccc(-c3noc(-c4ccc(-c5ccccc5)c(F)c4)n3)cc2)CC1. The van der Waals surface area contributed by atoms with Crippen LogP contribution in [0.5, 0.6) is 0 Å². The first-order valence-electron chi connectivity index (χ1n) is 11.5. The number of benzene rings is 3. The highest BCUT2D eigenvalue weighted by molar-refractivity contribution is 5.68. The molecule has 0 aliphatic carbocycles. The molecule has 1 aliphatic rings. The Morgan fingerprint density at radius 1 is 0.879 bits per heavy atom. The summed E-state index contributed by atoms with van der Waals surface area (Å²) < 4.78 is 20.2. The zero-order valence-corrected chi connectivity index (χ0v) is 19.1. The van der Waals surface area contributed by atoms with Crippen LogP contribution in [0.25, 0.3) is 34.0 Å². The van der Waals surface area contributed by atoms with Crippen molar-refractivity contribution >= 4 is 0 Å². The van der Waals surface area contributed by atoms with E-state index in [1.807, 2.05) is 48.5 Å². The van der Waals surface area contributed by atoms with Gasteiger partial charge in [-0.15, -0.1) is 0 Å². The van der Waals surface area contributed by atoms with E-state index in [1.54, 1.807) is 6.07 Å². The van der Waals surface area contributed by atoms with Crippen LogP contribution < -0.4 is 0 Å². The Morgan fingerprint density at radius 3 is 2.27 bits per heavy atom. The highest BCUT2D eigenvalue weighted by atomic mass is 19.1. The molecule has 0 unspecified atom stereocenters. The maximum Gasteiger partial charge on any atom is 0.258 e. The standard InChI is InChI=1S/C28H28FN3O/c1-28(2)14-16-32(17-15-28)19-20-8-10-22(11-9-20)26-30-27(33-31-26)23-12-13-24(25(29)18-23)21-6-4-3-5-7-21/h3-13,18H,14-17,19H2,1-2H3. The van der Waals surface area contributed by atoms with Crippen LogP contribution in [0.3, 0.4) is 0 Å². The first-order chi connectivity index (χ1) is 16.0. The normalized spacial score (nSPS) is 16.1. The molecule has 0 spiro atoms. The van der Waals surface area contributed by atoms with E-state index in [-0.39, 0.29) is 5.82 Å². The van der Waals surface area contributed by atoms with Gasteiger partial charge in [0.2, 0.25) is 5.82 Å². The number of piperidine rings is 1. The van der Waals surface area contributed by atoms with Gasteiger partial charge in [0.25, 0.3) is 5.89 Å². The number of rotatable bonds is 5. The van der Waals surface area contributed by atoms with Gasteiger partial charge in [0.05, 0.1) is 0 Å². The maximum atomic E-state index is 14.7. The molecule has 1 saturated heterocycles. The minimum Gasteiger partial charge on any atom is -0.334 e. The number of hydrogen-bond acceptors (Lipinski definition) is 4. The summed E-state index contributed by atoms with van der Waals surface area (Å²) >= 11 is 0. The predicted octanol–water partition coefficient (Wildman–Crippen LogP) is 6.83. The fourth-order valence-corrected chi connectivity index (χ4v) is 4.29. The fourth-order valence-electron chi connectivity index (χ4n) is 4.29. The molecule has 0 N–H and O–H groups in total. The van der Waals surface area contributed by atoms with Gasteiger partial charge in [-0.25, -0.2) is 4.39 Å². The van der Waals surface area contributed by atoms with Gasteiger partial charge >= 0.3 is 0 Å². The molecule has 5 heteroatoms. The quantitative estimate of drug-likeness (QED) is 0.340. The molecule has 5 rings (SSSR count). The number of likely N-dealkylation sites (tertiary alicyclic amines) is 1. The summed E-state index contributed by atoms with van der Waals surface area (Å²) in [5.74, 6) is 0.497. The summed E-state index contributed by atoms with van der Waals surface area (Å²) in [6, 6.07) is 22.8. The Bertz CT molecular complexity index is 1220. The van der Waals surface area contributed by atoms with Gasteiger partial charge in [-0.05, 0) is 54.6 Å². The largest absolute Gasteiger partial charge is 0.334 e. The number of hydrogen-bond donors (Lipinski definition) is 0. The smallest absolute Gasteiger partial charge is 0.258 e. The van der Waals surface area contributed by atoms with Crippen molar-refractivity contribution in [2.75, 3.05) is 13.1 Å². The van der Waals surface area contributed by atoms with Crippen molar-refractivity contribution in [3.63, 3.8) is 0 Å². The van der Waals surface area contributed by atoms with E-state index in [4.69, 9.17) is 4.52 Å². The van der Waals surface area contributed by atoms with Crippen LogP contribution >= 0.6 is 0 Å². The van der Waals surface area contributed by atoms with Crippen molar-refractivity contribution < 1.29 is 8.91 Å². The summed E-state index contributed by atoms with van der Waals surface area (Å²) in [7, 11) is 0. The molecule has 0 bridgehead atoms. The summed E-state index contributed by atoms with van der Waals surface area (Å²) in [5, 5.41) is 4.12. The van der Waals surface area contributed by atoms with Crippen molar-refractivity contribution in [3.05, 3.63) is 84.2 Å². The van der Waals surface area contributed by atoms with E-state index < -0.39 is 0 Å². The Kier molecular flexibility index (Phi) is 5.81. The molecule has 0 saturated carbocycles. The summed E-state index contributed by atoms with van der Waals surface area (Å²) in [5.41, 5.74) is 4.57. The Labute approximate surface area is 194 Å². The molecule has 33 heavy (non-hydrogen) atoms. The highest BCUT2D eigenvalue weighted by Gasteiger charge is 2.25. The van der Waals surface area contributed by atoms with Gasteiger partial charge in [-0.3, -0.25) is 4.90 Å². The van der Waals surface area contributed by atoms with E-state index in [2.05, 4.69) is 41.0 Å². The van der Waals surface area contributed by atoms with Gasteiger partial charge < -0.3 is 4.52 Å². The van der Waals surface area contributed by atoms with Crippen molar-refractivity contribution in [2.24, 2.45) is 5.41 Å². The molecule has 0 radical (unpaired) electrons. The fraction of sp³-hybridized carbons (Fsp3) is 0.286.